The molecule has 0 N–H and O–H groups in total. The smallest absolute Gasteiger partial charge is 0.101 e. The van der Waals surface area contributed by atoms with E-state index in [0.717, 1.165) is 25.2 Å². The monoisotopic (exact) mass is 706 g/mol. The summed E-state index contributed by atoms with van der Waals surface area (Å²) in [6.07, 6.45) is 1.07. The average molecular weight is 707 g/mol. The van der Waals surface area contributed by atoms with E-state index in [1.54, 1.807) is 0 Å². The van der Waals surface area contributed by atoms with Gasteiger partial charge in [0.25, 0.3) is 0 Å². The molecule has 0 amide bonds. The number of hydrogen-bond acceptors (Lipinski definition) is 3. The molecule has 3 heteroatoms. The van der Waals surface area contributed by atoms with Crippen LogP contribution in [0.2, 0.25) is 0 Å². The molecule has 0 fully saturated rings. The van der Waals surface area contributed by atoms with Gasteiger partial charge in [0.15, 0.2) is 0 Å². The Bertz CT molecular complexity index is 2430. The van der Waals surface area contributed by atoms with Crippen LogP contribution in [-0.4, -0.2) is 17.0 Å². The first-order valence-corrected chi connectivity index (χ1v) is 19.7. The fraction of sp³-hybridized carbons (Fsp3) is 0.200. The third kappa shape index (κ3) is 5.93. The highest BCUT2D eigenvalue weighted by Gasteiger charge is 2.39. The van der Waals surface area contributed by atoms with E-state index in [1.165, 1.54) is 76.8 Å². The lowest BCUT2D eigenvalue weighted by Crippen LogP contribution is -2.44. The minimum absolute atomic E-state index is 0.0987. The molecular weight excluding hydrogens is 661 g/mol. The van der Waals surface area contributed by atoms with Gasteiger partial charge in [0.2, 0.25) is 0 Å². The Labute approximate surface area is 319 Å². The average Bonchev–Trinajstić information content (AvgIpc) is 3.76. The highest BCUT2D eigenvalue weighted by atomic mass is 32.1. The lowest BCUT2D eigenvalue weighted by atomic mass is 9.81. The van der Waals surface area contributed by atoms with Crippen LogP contribution >= 0.6 is 11.3 Å². The van der Waals surface area contributed by atoms with Crippen LogP contribution in [-0.2, 0) is 18.4 Å². The Kier molecular flexibility index (Phi) is 8.25. The van der Waals surface area contributed by atoms with Gasteiger partial charge in [0, 0.05) is 40.3 Å². The summed E-state index contributed by atoms with van der Waals surface area (Å²) in [5, 5.41) is 1.20. The van der Waals surface area contributed by atoms with Crippen LogP contribution < -0.4 is 4.90 Å². The van der Waals surface area contributed by atoms with Crippen LogP contribution in [0.4, 0.5) is 16.4 Å². The second-order valence-corrected chi connectivity index (χ2v) is 17.2. The van der Waals surface area contributed by atoms with Crippen molar-refractivity contribution in [2.45, 2.75) is 58.5 Å². The molecule has 0 atom stereocenters. The Balaban J connectivity index is 1.28. The van der Waals surface area contributed by atoms with Crippen molar-refractivity contribution in [2.75, 3.05) is 11.4 Å². The molecule has 0 saturated carbocycles. The van der Waals surface area contributed by atoms with Gasteiger partial charge >= 0.3 is 0 Å². The zero-order valence-electron chi connectivity index (χ0n) is 31.4. The molecule has 0 bridgehead atoms. The number of thiophene rings is 1. The van der Waals surface area contributed by atoms with Crippen LogP contribution in [0.15, 0.2) is 152 Å². The van der Waals surface area contributed by atoms with Gasteiger partial charge < -0.3 is 4.90 Å². The second kappa shape index (κ2) is 13.0. The maximum Gasteiger partial charge on any atom is 0.101 e. The molecule has 2 aliphatic rings. The van der Waals surface area contributed by atoms with Crippen molar-refractivity contribution >= 4 is 27.7 Å². The van der Waals surface area contributed by atoms with Gasteiger partial charge in [-0.3, -0.25) is 4.90 Å². The van der Waals surface area contributed by atoms with Crippen molar-refractivity contribution in [1.82, 2.24) is 4.90 Å². The fourth-order valence-electron chi connectivity index (χ4n) is 8.59. The van der Waals surface area contributed by atoms with E-state index < -0.39 is 0 Å². The maximum absolute atomic E-state index is 2.65. The zero-order chi connectivity index (χ0) is 36.3. The van der Waals surface area contributed by atoms with Gasteiger partial charge in [-0.15, -0.1) is 11.3 Å². The predicted molar refractivity (Wildman–Crippen MR) is 227 cm³/mol. The quantitative estimate of drug-likeness (QED) is 0.170. The molecule has 1 aliphatic carbocycles. The fourth-order valence-corrected chi connectivity index (χ4v) is 9.64. The minimum Gasteiger partial charge on any atom is -0.302 e. The van der Waals surface area contributed by atoms with E-state index in [-0.39, 0.29) is 11.0 Å². The van der Waals surface area contributed by atoms with Gasteiger partial charge in [-0.25, -0.2) is 0 Å². The molecular formula is C50H46N2S. The molecule has 1 aromatic heterocycles. The molecule has 7 aromatic rings. The summed E-state index contributed by atoms with van der Waals surface area (Å²) >= 11 is 1.85. The third-order valence-corrected chi connectivity index (χ3v) is 12.7. The normalized spacial score (nSPS) is 14.7. The topological polar surface area (TPSA) is 6.48 Å². The third-order valence-electron chi connectivity index (χ3n) is 11.5. The molecule has 53 heavy (non-hydrogen) atoms. The van der Waals surface area contributed by atoms with Crippen LogP contribution in [0.5, 0.6) is 0 Å². The SMILES string of the molecule is CC1(C)c2ccccc2-c2c(-c3cccc4c3CN(C(C)(C)C)CC4)cc(N(c3ccc(-c4ccccc4)cc3)c3ccc(-c4ccccc4)s3)cc21. The van der Waals surface area contributed by atoms with E-state index in [2.05, 4.69) is 196 Å². The summed E-state index contributed by atoms with van der Waals surface area (Å²) in [7, 11) is 0. The van der Waals surface area contributed by atoms with Crippen molar-refractivity contribution in [3.8, 4) is 43.8 Å². The Morgan fingerprint density at radius 1 is 0.585 bits per heavy atom. The standard InChI is InChI=1S/C50H46N2S/c1-49(2,3)51-30-29-36-19-14-21-40(43(36)33-51)42-31-39(32-45-48(42)41-20-12-13-22-44(41)50(45,4)5)52(47-28-27-46(53-47)37-17-10-7-11-18-37)38-25-23-35(24-26-38)34-15-8-6-9-16-34/h6-28,31-32H,29-30,33H2,1-5H3. The van der Waals surface area contributed by atoms with Gasteiger partial charge in [-0.2, -0.15) is 0 Å². The molecule has 1 aliphatic heterocycles. The van der Waals surface area contributed by atoms with Crippen molar-refractivity contribution in [3.63, 3.8) is 0 Å². The molecule has 0 radical (unpaired) electrons. The number of nitrogens with zero attached hydrogens (tertiary/aromatic N) is 2. The summed E-state index contributed by atoms with van der Waals surface area (Å²) in [4.78, 5) is 6.41. The van der Waals surface area contributed by atoms with Crippen LogP contribution in [0.1, 0.15) is 56.9 Å². The Hall–Kier alpha value is -5.22. The van der Waals surface area contributed by atoms with E-state index in [0.29, 0.717) is 0 Å². The summed E-state index contributed by atoms with van der Waals surface area (Å²) in [6, 6.07) is 56.3. The zero-order valence-corrected chi connectivity index (χ0v) is 32.2. The van der Waals surface area contributed by atoms with Crippen LogP contribution in [0, 0.1) is 0 Å². The van der Waals surface area contributed by atoms with Gasteiger partial charge in [0.1, 0.15) is 5.00 Å². The van der Waals surface area contributed by atoms with Crippen LogP contribution in [0.25, 0.3) is 43.8 Å². The highest BCUT2D eigenvalue weighted by Crippen LogP contribution is 2.55. The van der Waals surface area contributed by atoms with Crippen molar-refractivity contribution < 1.29 is 0 Å². The number of hydrogen-bond donors (Lipinski definition) is 0. The largest absolute Gasteiger partial charge is 0.302 e. The lowest BCUT2D eigenvalue weighted by molar-refractivity contribution is 0.121. The number of benzene rings is 6. The summed E-state index contributed by atoms with van der Waals surface area (Å²) in [5.74, 6) is 0. The minimum atomic E-state index is -0.156. The highest BCUT2D eigenvalue weighted by molar-refractivity contribution is 7.19. The van der Waals surface area contributed by atoms with E-state index in [4.69, 9.17) is 0 Å². The van der Waals surface area contributed by atoms with E-state index in [1.807, 2.05) is 11.3 Å². The van der Waals surface area contributed by atoms with Crippen LogP contribution in [0.3, 0.4) is 0 Å². The second-order valence-electron chi connectivity index (χ2n) is 16.1. The van der Waals surface area contributed by atoms with Gasteiger partial charge in [-0.1, -0.05) is 129 Å². The summed E-state index contributed by atoms with van der Waals surface area (Å²) in [6.45, 7) is 13.9. The van der Waals surface area contributed by atoms with Crippen molar-refractivity contribution in [3.05, 3.63) is 174 Å². The van der Waals surface area contributed by atoms with E-state index >= 15 is 0 Å². The number of fused-ring (bicyclic) bond motifs is 4. The molecule has 262 valence electrons. The molecule has 0 spiro atoms. The van der Waals surface area contributed by atoms with E-state index in [9.17, 15) is 0 Å². The molecule has 0 unspecified atom stereocenters. The Morgan fingerprint density at radius 2 is 1.25 bits per heavy atom. The molecule has 6 aromatic carbocycles. The molecule has 9 rings (SSSR count). The predicted octanol–water partition coefficient (Wildman–Crippen LogP) is 13.7. The molecule has 2 heterocycles. The summed E-state index contributed by atoms with van der Waals surface area (Å²) < 4.78 is 0. The van der Waals surface area contributed by atoms with Gasteiger partial charge in [-0.05, 0) is 125 Å². The Morgan fingerprint density at radius 3 is 1.98 bits per heavy atom. The maximum atomic E-state index is 2.65. The van der Waals surface area contributed by atoms with Gasteiger partial charge in [0.05, 0.1) is 0 Å². The first-order valence-electron chi connectivity index (χ1n) is 18.9. The molecule has 2 nitrogen and oxygen atoms in total. The summed E-state index contributed by atoms with van der Waals surface area (Å²) in [5.41, 5.74) is 17.1. The van der Waals surface area contributed by atoms with Crippen molar-refractivity contribution in [1.29, 1.82) is 0 Å². The number of anilines is 3. The van der Waals surface area contributed by atoms with Crippen molar-refractivity contribution in [2.24, 2.45) is 0 Å². The molecule has 0 saturated heterocycles. The lowest BCUT2D eigenvalue weighted by Gasteiger charge is -2.40. The number of rotatable bonds is 6. The first-order chi connectivity index (χ1) is 25.7. The first kappa shape index (κ1) is 33.6.